The fourth-order valence-corrected chi connectivity index (χ4v) is 3.84. The van der Waals surface area contributed by atoms with Gasteiger partial charge in [-0.25, -0.2) is 0 Å². The molecule has 0 aliphatic rings. The summed E-state index contributed by atoms with van der Waals surface area (Å²) < 4.78 is 0. The summed E-state index contributed by atoms with van der Waals surface area (Å²) in [4.78, 5) is 2.52. The van der Waals surface area contributed by atoms with E-state index < -0.39 is 0 Å². The van der Waals surface area contributed by atoms with Gasteiger partial charge in [0.05, 0.1) is 0 Å². The third kappa shape index (κ3) is 22.2. The van der Waals surface area contributed by atoms with Crippen molar-refractivity contribution in [1.29, 1.82) is 0 Å². The van der Waals surface area contributed by atoms with Crippen molar-refractivity contribution in [2.45, 2.75) is 129 Å². The lowest BCUT2D eigenvalue weighted by atomic mass is 10.0. The molecule has 0 radical (unpaired) electrons. The van der Waals surface area contributed by atoms with E-state index in [1.54, 1.807) is 0 Å². The van der Waals surface area contributed by atoms with Crippen molar-refractivity contribution in [2.24, 2.45) is 5.73 Å². The molecule has 0 aliphatic carbocycles. The molecule has 0 aromatic heterocycles. The van der Waals surface area contributed by atoms with Crippen LogP contribution in [-0.2, 0) is 0 Å². The molecule has 3 heteroatoms. The smallest absolute Gasteiger partial charge is 0.00388 e. The fourth-order valence-electron chi connectivity index (χ4n) is 3.84. The minimum absolute atomic E-state index is 0.445. The minimum Gasteiger partial charge on any atom is -0.328 e. The van der Waals surface area contributed by atoms with Crippen LogP contribution in [0.25, 0.3) is 0 Å². The van der Waals surface area contributed by atoms with Crippen LogP contribution in [0.5, 0.6) is 0 Å². The Hall–Kier alpha value is -0.120. The number of hydrogen-bond acceptors (Lipinski definition) is 3. The van der Waals surface area contributed by atoms with Gasteiger partial charge in [0.15, 0.2) is 0 Å². The Morgan fingerprint density at radius 3 is 1.57 bits per heavy atom. The highest BCUT2D eigenvalue weighted by atomic mass is 15.1. The van der Waals surface area contributed by atoms with E-state index >= 15 is 0 Å². The summed E-state index contributed by atoms with van der Waals surface area (Å²) in [6.07, 6.45) is 22.8. The van der Waals surface area contributed by atoms with Crippen LogP contribution in [0, 0.1) is 0 Å². The third-order valence-electron chi connectivity index (χ3n) is 5.89. The lowest BCUT2D eigenvalue weighted by Gasteiger charge is -2.17. The quantitative estimate of drug-likeness (QED) is 0.193. The molecule has 28 heavy (non-hydrogen) atoms. The maximum Gasteiger partial charge on any atom is 0.00388 e. The third-order valence-corrected chi connectivity index (χ3v) is 5.89. The second-order valence-electron chi connectivity index (χ2n) is 8.99. The maximum absolute atomic E-state index is 6.23. The number of unbranched alkanes of at least 4 members (excludes halogenated alkanes) is 11. The SMILES string of the molecule is CCCCCCNCCCCCCN(C)CCCCCC(N)CCCCCC. The van der Waals surface area contributed by atoms with Gasteiger partial charge < -0.3 is 16.0 Å². The Morgan fingerprint density at radius 1 is 0.607 bits per heavy atom. The van der Waals surface area contributed by atoms with Crippen molar-refractivity contribution in [3.8, 4) is 0 Å². The van der Waals surface area contributed by atoms with Gasteiger partial charge in [-0.05, 0) is 71.8 Å². The molecule has 170 valence electrons. The largest absolute Gasteiger partial charge is 0.328 e. The van der Waals surface area contributed by atoms with Gasteiger partial charge in [0, 0.05) is 6.04 Å². The van der Waals surface area contributed by atoms with E-state index in [4.69, 9.17) is 5.73 Å². The highest BCUT2D eigenvalue weighted by molar-refractivity contribution is 4.62. The molecule has 0 rings (SSSR count). The molecule has 0 saturated heterocycles. The van der Waals surface area contributed by atoms with E-state index in [-0.39, 0.29) is 0 Å². The average Bonchev–Trinajstić information content (AvgIpc) is 2.69. The van der Waals surface area contributed by atoms with Gasteiger partial charge in [-0.3, -0.25) is 0 Å². The molecule has 3 N–H and O–H groups in total. The van der Waals surface area contributed by atoms with E-state index in [1.807, 2.05) is 0 Å². The Bertz CT molecular complexity index is 283. The van der Waals surface area contributed by atoms with Crippen LogP contribution in [0.15, 0.2) is 0 Å². The topological polar surface area (TPSA) is 41.3 Å². The lowest BCUT2D eigenvalue weighted by molar-refractivity contribution is 0.313. The van der Waals surface area contributed by atoms with Crippen molar-refractivity contribution in [3.63, 3.8) is 0 Å². The zero-order chi connectivity index (χ0) is 20.7. The molecule has 0 aliphatic heterocycles. The van der Waals surface area contributed by atoms with Gasteiger partial charge in [-0.1, -0.05) is 84.5 Å². The molecule has 0 spiro atoms. The van der Waals surface area contributed by atoms with Crippen LogP contribution in [0.4, 0.5) is 0 Å². The van der Waals surface area contributed by atoms with Crippen molar-refractivity contribution < 1.29 is 0 Å². The zero-order valence-corrected chi connectivity index (χ0v) is 20.0. The van der Waals surface area contributed by atoms with Gasteiger partial charge in [-0.15, -0.1) is 0 Å². The summed E-state index contributed by atoms with van der Waals surface area (Å²) in [6, 6.07) is 0.445. The zero-order valence-electron chi connectivity index (χ0n) is 20.0. The van der Waals surface area contributed by atoms with Gasteiger partial charge >= 0.3 is 0 Å². The molecule has 0 amide bonds. The van der Waals surface area contributed by atoms with E-state index in [0.717, 1.165) is 0 Å². The van der Waals surface area contributed by atoms with Gasteiger partial charge in [-0.2, -0.15) is 0 Å². The molecule has 0 heterocycles. The molecule has 0 saturated carbocycles. The molecule has 3 nitrogen and oxygen atoms in total. The Balaban J connectivity index is 3.24. The van der Waals surface area contributed by atoms with Crippen molar-refractivity contribution in [3.05, 3.63) is 0 Å². The van der Waals surface area contributed by atoms with Gasteiger partial charge in [0.25, 0.3) is 0 Å². The predicted molar refractivity (Wildman–Crippen MR) is 128 cm³/mol. The van der Waals surface area contributed by atoms with Crippen molar-refractivity contribution in [1.82, 2.24) is 10.2 Å². The number of rotatable bonds is 23. The van der Waals surface area contributed by atoms with Crippen LogP contribution in [-0.4, -0.2) is 44.2 Å². The lowest BCUT2D eigenvalue weighted by Crippen LogP contribution is -2.22. The summed E-state index contributed by atoms with van der Waals surface area (Å²) in [5.74, 6) is 0. The Labute approximate surface area is 178 Å². The van der Waals surface area contributed by atoms with Crippen LogP contribution < -0.4 is 11.1 Å². The van der Waals surface area contributed by atoms with Gasteiger partial charge in [0.2, 0.25) is 0 Å². The van der Waals surface area contributed by atoms with Crippen molar-refractivity contribution >= 4 is 0 Å². The summed E-state index contributed by atoms with van der Waals surface area (Å²) in [5, 5.41) is 3.59. The maximum atomic E-state index is 6.23. The molecular formula is C25H55N3. The normalized spacial score (nSPS) is 12.8. The van der Waals surface area contributed by atoms with E-state index in [0.29, 0.717) is 6.04 Å². The molecule has 0 bridgehead atoms. The summed E-state index contributed by atoms with van der Waals surface area (Å²) in [5.41, 5.74) is 6.23. The van der Waals surface area contributed by atoms with E-state index in [2.05, 4.69) is 31.1 Å². The molecule has 0 aromatic carbocycles. The molecule has 0 fully saturated rings. The summed E-state index contributed by atoms with van der Waals surface area (Å²) in [6.45, 7) is 9.49. The number of nitrogens with zero attached hydrogens (tertiary/aromatic N) is 1. The van der Waals surface area contributed by atoms with Gasteiger partial charge in [0.1, 0.15) is 0 Å². The predicted octanol–water partition coefficient (Wildman–Crippen LogP) is 6.51. The van der Waals surface area contributed by atoms with Crippen LogP contribution in [0.1, 0.15) is 123 Å². The second-order valence-corrected chi connectivity index (χ2v) is 8.99. The van der Waals surface area contributed by atoms with Crippen molar-refractivity contribution in [2.75, 3.05) is 33.2 Å². The Kier molecular flexibility index (Phi) is 23.1. The molecular weight excluding hydrogens is 342 g/mol. The molecule has 1 atom stereocenters. The first-order chi connectivity index (χ1) is 13.7. The van der Waals surface area contributed by atoms with Crippen LogP contribution in [0.2, 0.25) is 0 Å². The molecule has 1 unspecified atom stereocenters. The number of nitrogens with two attached hydrogens (primary N) is 1. The number of nitrogens with one attached hydrogen (secondary N) is 1. The summed E-state index contributed by atoms with van der Waals surface area (Å²) >= 11 is 0. The average molecular weight is 398 g/mol. The highest BCUT2D eigenvalue weighted by Gasteiger charge is 2.03. The van der Waals surface area contributed by atoms with Crippen LogP contribution >= 0.6 is 0 Å². The second kappa shape index (κ2) is 23.2. The first-order valence-electron chi connectivity index (χ1n) is 12.9. The standard InChI is InChI=1S/C25H55N3/c1-4-6-8-13-19-25(26)20-14-12-18-24-28(3)23-17-11-10-16-22-27-21-15-9-7-5-2/h25,27H,4-24,26H2,1-3H3. The van der Waals surface area contributed by atoms with E-state index in [9.17, 15) is 0 Å². The minimum atomic E-state index is 0.445. The fraction of sp³-hybridized carbons (Fsp3) is 1.00. The van der Waals surface area contributed by atoms with E-state index in [1.165, 1.54) is 135 Å². The number of hydrogen-bond donors (Lipinski definition) is 2. The highest BCUT2D eigenvalue weighted by Crippen LogP contribution is 2.10. The monoisotopic (exact) mass is 397 g/mol. The molecule has 0 aromatic rings. The first kappa shape index (κ1) is 27.9. The first-order valence-corrected chi connectivity index (χ1v) is 12.9. The summed E-state index contributed by atoms with van der Waals surface area (Å²) in [7, 11) is 2.29. The Morgan fingerprint density at radius 2 is 1.04 bits per heavy atom. The van der Waals surface area contributed by atoms with Crippen LogP contribution in [0.3, 0.4) is 0 Å².